The van der Waals surface area contributed by atoms with Gasteiger partial charge in [0.05, 0.1) is 6.54 Å². The number of guanidine groups is 1. The summed E-state index contributed by atoms with van der Waals surface area (Å²) >= 11 is 0. The predicted octanol–water partition coefficient (Wildman–Crippen LogP) is 1.64. The summed E-state index contributed by atoms with van der Waals surface area (Å²) < 4.78 is 0. The highest BCUT2D eigenvalue weighted by molar-refractivity contribution is 5.79. The molecule has 0 aliphatic carbocycles. The van der Waals surface area contributed by atoms with Crippen LogP contribution in [-0.2, 0) is 6.42 Å². The van der Waals surface area contributed by atoms with E-state index >= 15 is 0 Å². The van der Waals surface area contributed by atoms with Crippen LogP contribution in [0.25, 0.3) is 0 Å². The Balaban J connectivity index is 2.43. The van der Waals surface area contributed by atoms with Crippen molar-refractivity contribution in [1.29, 1.82) is 0 Å². The molecule has 0 aromatic heterocycles. The number of nitrogens with one attached hydrogen (secondary N) is 2. The fourth-order valence-corrected chi connectivity index (χ4v) is 1.89. The van der Waals surface area contributed by atoms with E-state index in [1.807, 2.05) is 0 Å². The van der Waals surface area contributed by atoms with Gasteiger partial charge in [-0.3, -0.25) is 4.99 Å². The van der Waals surface area contributed by atoms with Gasteiger partial charge in [0, 0.05) is 13.6 Å². The van der Waals surface area contributed by atoms with E-state index in [0.717, 1.165) is 18.9 Å². The van der Waals surface area contributed by atoms with E-state index in [-0.39, 0.29) is 0 Å². The Hall–Kier alpha value is -1.95. The summed E-state index contributed by atoms with van der Waals surface area (Å²) in [6, 6.07) is 6.61. The minimum atomic E-state index is 0.489. The van der Waals surface area contributed by atoms with Crippen LogP contribution < -0.4 is 10.6 Å². The molecule has 96 valence electrons. The van der Waals surface area contributed by atoms with Crippen molar-refractivity contribution in [1.82, 2.24) is 10.6 Å². The quantitative estimate of drug-likeness (QED) is 0.479. The number of nitrogens with zero attached hydrogens (tertiary/aromatic N) is 1. The average Bonchev–Trinajstić information content (AvgIpc) is 2.32. The number of rotatable bonds is 4. The SMILES string of the molecule is C#CCNC(=NC)NCCc1cc(C)cc(C)c1. The molecule has 2 N–H and O–H groups in total. The first-order valence-electron chi connectivity index (χ1n) is 6.11. The number of hydrogen-bond donors (Lipinski definition) is 2. The molecule has 0 bridgehead atoms. The Kier molecular flexibility index (Phi) is 5.79. The van der Waals surface area contributed by atoms with E-state index in [2.05, 4.69) is 53.6 Å². The van der Waals surface area contributed by atoms with Gasteiger partial charge in [-0.2, -0.15) is 0 Å². The zero-order chi connectivity index (χ0) is 13.4. The second-order valence-corrected chi connectivity index (χ2v) is 4.30. The third-order valence-corrected chi connectivity index (χ3v) is 2.57. The summed E-state index contributed by atoms with van der Waals surface area (Å²) in [6.45, 7) is 5.57. The smallest absolute Gasteiger partial charge is 0.191 e. The lowest BCUT2D eigenvalue weighted by Gasteiger charge is -2.10. The number of aryl methyl sites for hydroxylation is 2. The number of benzene rings is 1. The molecule has 3 heteroatoms. The van der Waals surface area contributed by atoms with Crippen molar-refractivity contribution in [3.8, 4) is 12.3 Å². The largest absolute Gasteiger partial charge is 0.356 e. The molecule has 0 unspecified atom stereocenters. The molecule has 0 aliphatic heterocycles. The normalized spacial score (nSPS) is 10.9. The predicted molar refractivity (Wildman–Crippen MR) is 77.8 cm³/mol. The van der Waals surface area contributed by atoms with Crippen LogP contribution in [0.5, 0.6) is 0 Å². The third-order valence-electron chi connectivity index (χ3n) is 2.57. The van der Waals surface area contributed by atoms with Crippen molar-refractivity contribution in [2.75, 3.05) is 20.1 Å². The van der Waals surface area contributed by atoms with E-state index in [0.29, 0.717) is 6.54 Å². The zero-order valence-corrected chi connectivity index (χ0v) is 11.4. The molecule has 0 fully saturated rings. The summed E-state index contributed by atoms with van der Waals surface area (Å²) in [7, 11) is 1.74. The first-order chi connectivity index (χ1) is 8.65. The average molecular weight is 243 g/mol. The lowest BCUT2D eigenvalue weighted by molar-refractivity contribution is 0.823. The highest BCUT2D eigenvalue weighted by atomic mass is 15.2. The van der Waals surface area contributed by atoms with Crippen molar-refractivity contribution >= 4 is 5.96 Å². The molecule has 0 atom stereocenters. The fourth-order valence-electron chi connectivity index (χ4n) is 1.89. The Bertz CT molecular complexity index is 435. The van der Waals surface area contributed by atoms with Gasteiger partial charge in [-0.25, -0.2) is 0 Å². The second-order valence-electron chi connectivity index (χ2n) is 4.30. The van der Waals surface area contributed by atoms with Crippen LogP contribution in [0.15, 0.2) is 23.2 Å². The molecule has 1 aromatic rings. The molecule has 0 saturated heterocycles. The van der Waals surface area contributed by atoms with Gasteiger partial charge in [0.1, 0.15) is 0 Å². The van der Waals surface area contributed by atoms with Crippen molar-refractivity contribution in [2.45, 2.75) is 20.3 Å². The molecule has 0 aliphatic rings. The topological polar surface area (TPSA) is 36.4 Å². The molecule has 3 nitrogen and oxygen atoms in total. The molecule has 1 rings (SSSR count). The second kappa shape index (κ2) is 7.39. The molecule has 0 amide bonds. The summed E-state index contributed by atoms with van der Waals surface area (Å²) in [5, 5.41) is 6.27. The molecule has 0 radical (unpaired) electrons. The first kappa shape index (κ1) is 14.1. The maximum absolute atomic E-state index is 5.19. The Morgan fingerprint density at radius 3 is 2.44 bits per heavy atom. The lowest BCUT2D eigenvalue weighted by atomic mass is 10.1. The van der Waals surface area contributed by atoms with Crippen LogP contribution in [0.3, 0.4) is 0 Å². The van der Waals surface area contributed by atoms with Gasteiger partial charge in [-0.05, 0) is 25.8 Å². The molecule has 18 heavy (non-hydrogen) atoms. The van der Waals surface area contributed by atoms with Gasteiger partial charge in [-0.1, -0.05) is 35.2 Å². The van der Waals surface area contributed by atoms with Crippen molar-refractivity contribution in [3.05, 3.63) is 34.9 Å². The van der Waals surface area contributed by atoms with Crippen LogP contribution in [0.4, 0.5) is 0 Å². The number of hydrogen-bond acceptors (Lipinski definition) is 1. The maximum Gasteiger partial charge on any atom is 0.191 e. The monoisotopic (exact) mass is 243 g/mol. The van der Waals surface area contributed by atoms with Crippen molar-refractivity contribution < 1.29 is 0 Å². The summed E-state index contributed by atoms with van der Waals surface area (Å²) in [5.41, 5.74) is 3.95. The summed E-state index contributed by atoms with van der Waals surface area (Å²) in [4.78, 5) is 4.09. The van der Waals surface area contributed by atoms with Crippen molar-refractivity contribution in [2.24, 2.45) is 4.99 Å². The number of aliphatic imine (C=N–C) groups is 1. The van der Waals surface area contributed by atoms with Gasteiger partial charge in [0.2, 0.25) is 0 Å². The van der Waals surface area contributed by atoms with Crippen molar-refractivity contribution in [3.63, 3.8) is 0 Å². The van der Waals surface area contributed by atoms with Crippen LogP contribution in [0.2, 0.25) is 0 Å². The van der Waals surface area contributed by atoms with E-state index in [1.165, 1.54) is 16.7 Å². The Morgan fingerprint density at radius 2 is 1.89 bits per heavy atom. The van der Waals surface area contributed by atoms with Crippen LogP contribution >= 0.6 is 0 Å². The van der Waals surface area contributed by atoms with Crippen LogP contribution in [0, 0.1) is 26.2 Å². The van der Waals surface area contributed by atoms with Gasteiger partial charge < -0.3 is 10.6 Å². The van der Waals surface area contributed by atoms with Gasteiger partial charge >= 0.3 is 0 Å². The van der Waals surface area contributed by atoms with Crippen LogP contribution in [-0.4, -0.2) is 26.1 Å². The molecule has 1 aromatic carbocycles. The Morgan fingerprint density at radius 1 is 1.22 bits per heavy atom. The van der Waals surface area contributed by atoms with E-state index in [4.69, 9.17) is 6.42 Å². The standard InChI is InChI=1S/C15H21N3/c1-5-7-17-15(16-4)18-8-6-14-10-12(2)9-13(3)11-14/h1,9-11H,6-8H2,2-4H3,(H2,16,17,18). The summed E-state index contributed by atoms with van der Waals surface area (Å²) in [5.74, 6) is 3.27. The van der Waals surface area contributed by atoms with E-state index in [1.54, 1.807) is 7.05 Å². The molecule has 0 heterocycles. The van der Waals surface area contributed by atoms with E-state index < -0.39 is 0 Å². The highest BCUT2D eigenvalue weighted by Gasteiger charge is 1.98. The molecular formula is C15H21N3. The van der Waals surface area contributed by atoms with Crippen LogP contribution in [0.1, 0.15) is 16.7 Å². The van der Waals surface area contributed by atoms with Gasteiger partial charge in [0.25, 0.3) is 0 Å². The highest BCUT2D eigenvalue weighted by Crippen LogP contribution is 2.08. The third kappa shape index (κ3) is 4.92. The molecule has 0 spiro atoms. The first-order valence-corrected chi connectivity index (χ1v) is 6.11. The molecular weight excluding hydrogens is 222 g/mol. The lowest BCUT2D eigenvalue weighted by Crippen LogP contribution is -2.38. The zero-order valence-electron chi connectivity index (χ0n) is 11.4. The molecule has 0 saturated carbocycles. The summed E-state index contributed by atoms with van der Waals surface area (Å²) in [6.07, 6.45) is 6.16. The number of terminal acetylenes is 1. The fraction of sp³-hybridized carbons (Fsp3) is 0.400. The van der Waals surface area contributed by atoms with E-state index in [9.17, 15) is 0 Å². The Labute approximate surface area is 110 Å². The maximum atomic E-state index is 5.19. The van der Waals surface area contributed by atoms with Gasteiger partial charge in [0.15, 0.2) is 5.96 Å². The van der Waals surface area contributed by atoms with Gasteiger partial charge in [-0.15, -0.1) is 6.42 Å². The minimum Gasteiger partial charge on any atom is -0.356 e. The minimum absolute atomic E-state index is 0.489.